The average molecular weight is 353 g/mol. The molecule has 0 bridgehead atoms. The standard InChI is InChI=1S/C16H27N5O2S/c1-10(2)8-21-14(7-6-13(17)22)19-20-16(21)24-9-15(23)18-11(3)12-4-5-12/h10-12H,4-9H2,1-3H3,(H2,17,22)(H,18,23). The smallest absolute Gasteiger partial charge is 0.230 e. The molecule has 7 nitrogen and oxygen atoms in total. The van der Waals surface area contributed by atoms with Crippen LogP contribution in [-0.2, 0) is 22.6 Å². The van der Waals surface area contributed by atoms with Gasteiger partial charge < -0.3 is 15.6 Å². The van der Waals surface area contributed by atoms with E-state index < -0.39 is 0 Å². The topological polar surface area (TPSA) is 103 Å². The van der Waals surface area contributed by atoms with Crippen molar-refractivity contribution < 1.29 is 9.59 Å². The number of primary amides is 1. The summed E-state index contributed by atoms with van der Waals surface area (Å²) in [6, 6.07) is 0.248. The highest BCUT2D eigenvalue weighted by Crippen LogP contribution is 2.32. The third kappa shape index (κ3) is 5.81. The molecule has 2 amide bonds. The van der Waals surface area contributed by atoms with E-state index in [1.807, 2.05) is 4.57 Å². The van der Waals surface area contributed by atoms with Crippen LogP contribution in [0.15, 0.2) is 5.16 Å². The monoisotopic (exact) mass is 353 g/mol. The Morgan fingerprint density at radius 1 is 1.33 bits per heavy atom. The molecule has 1 atom stereocenters. The van der Waals surface area contributed by atoms with E-state index in [1.165, 1.54) is 24.6 Å². The number of nitrogens with one attached hydrogen (secondary N) is 1. The Morgan fingerprint density at radius 3 is 2.62 bits per heavy atom. The van der Waals surface area contributed by atoms with Crippen molar-refractivity contribution in [3.05, 3.63) is 5.82 Å². The minimum atomic E-state index is -0.350. The van der Waals surface area contributed by atoms with Gasteiger partial charge in [0.1, 0.15) is 5.82 Å². The zero-order chi connectivity index (χ0) is 17.7. The SMILES string of the molecule is CC(C)Cn1c(CCC(N)=O)nnc1SCC(=O)NC(C)C1CC1. The lowest BCUT2D eigenvalue weighted by atomic mass is 10.2. The van der Waals surface area contributed by atoms with Gasteiger partial charge in [0.25, 0.3) is 0 Å². The van der Waals surface area contributed by atoms with E-state index in [-0.39, 0.29) is 24.3 Å². The normalized spacial score (nSPS) is 15.5. The van der Waals surface area contributed by atoms with Crippen molar-refractivity contribution in [3.8, 4) is 0 Å². The molecule has 1 unspecified atom stereocenters. The summed E-state index contributed by atoms with van der Waals surface area (Å²) in [7, 11) is 0. The first-order chi connectivity index (χ1) is 11.4. The quantitative estimate of drug-likeness (QED) is 0.618. The summed E-state index contributed by atoms with van der Waals surface area (Å²) in [6.07, 6.45) is 3.14. The first kappa shape index (κ1) is 18.8. The van der Waals surface area contributed by atoms with Gasteiger partial charge in [-0.15, -0.1) is 10.2 Å². The lowest BCUT2D eigenvalue weighted by Crippen LogP contribution is -2.35. The molecule has 3 N–H and O–H groups in total. The summed E-state index contributed by atoms with van der Waals surface area (Å²) in [5.74, 6) is 1.80. The predicted molar refractivity (Wildman–Crippen MR) is 93.4 cm³/mol. The molecule has 1 aromatic heterocycles. The Balaban J connectivity index is 1.94. The summed E-state index contributed by atoms with van der Waals surface area (Å²) in [6.45, 7) is 7.03. The number of carbonyl (C=O) groups excluding carboxylic acids is 2. The van der Waals surface area contributed by atoms with Crippen LogP contribution in [-0.4, -0.2) is 38.4 Å². The third-order valence-electron chi connectivity index (χ3n) is 3.99. The highest BCUT2D eigenvalue weighted by Gasteiger charge is 2.28. The van der Waals surface area contributed by atoms with Crippen LogP contribution in [0.1, 0.15) is 45.9 Å². The summed E-state index contributed by atoms with van der Waals surface area (Å²) < 4.78 is 2.00. The molecule has 0 radical (unpaired) electrons. The van der Waals surface area contributed by atoms with Crippen LogP contribution in [0, 0.1) is 11.8 Å². The van der Waals surface area contributed by atoms with Crippen LogP contribution in [0.3, 0.4) is 0 Å². The Hall–Kier alpha value is -1.57. The van der Waals surface area contributed by atoms with E-state index in [1.54, 1.807) is 0 Å². The van der Waals surface area contributed by atoms with Gasteiger partial charge in [-0.25, -0.2) is 0 Å². The van der Waals surface area contributed by atoms with E-state index in [9.17, 15) is 9.59 Å². The maximum Gasteiger partial charge on any atom is 0.230 e. The van der Waals surface area contributed by atoms with Gasteiger partial charge in [-0.3, -0.25) is 9.59 Å². The molecule has 1 heterocycles. The predicted octanol–water partition coefficient (Wildman–Crippen LogP) is 1.36. The summed E-state index contributed by atoms with van der Waals surface area (Å²) >= 11 is 1.39. The van der Waals surface area contributed by atoms with Crippen LogP contribution < -0.4 is 11.1 Å². The highest BCUT2D eigenvalue weighted by molar-refractivity contribution is 7.99. The molecular formula is C16H27N5O2S. The second kappa shape index (κ2) is 8.50. The molecule has 1 fully saturated rings. The van der Waals surface area contributed by atoms with Gasteiger partial charge in [-0.1, -0.05) is 25.6 Å². The molecule has 24 heavy (non-hydrogen) atoms. The molecule has 0 saturated heterocycles. The van der Waals surface area contributed by atoms with Crippen molar-refractivity contribution in [1.82, 2.24) is 20.1 Å². The molecule has 1 aromatic rings. The lowest BCUT2D eigenvalue weighted by Gasteiger charge is -2.14. The second-order valence-corrected chi connectivity index (χ2v) is 7.79. The summed E-state index contributed by atoms with van der Waals surface area (Å²) in [5.41, 5.74) is 5.22. The number of aryl methyl sites for hydroxylation is 1. The van der Waals surface area contributed by atoms with Crippen molar-refractivity contribution >= 4 is 23.6 Å². The van der Waals surface area contributed by atoms with Crippen LogP contribution in [0.5, 0.6) is 0 Å². The first-order valence-electron chi connectivity index (χ1n) is 8.49. The van der Waals surface area contributed by atoms with Crippen LogP contribution in [0.25, 0.3) is 0 Å². The van der Waals surface area contributed by atoms with E-state index in [2.05, 4.69) is 36.3 Å². The molecule has 0 spiro atoms. The van der Waals surface area contributed by atoms with Crippen LogP contribution in [0.2, 0.25) is 0 Å². The van der Waals surface area contributed by atoms with Crippen molar-refractivity contribution in [2.24, 2.45) is 17.6 Å². The lowest BCUT2D eigenvalue weighted by molar-refractivity contribution is -0.119. The molecule has 8 heteroatoms. The number of nitrogens with two attached hydrogens (primary N) is 1. The van der Waals surface area contributed by atoms with Crippen LogP contribution >= 0.6 is 11.8 Å². The second-order valence-electron chi connectivity index (χ2n) is 6.85. The van der Waals surface area contributed by atoms with Crippen molar-refractivity contribution in [1.29, 1.82) is 0 Å². The zero-order valence-corrected chi connectivity index (χ0v) is 15.4. The molecule has 134 valence electrons. The zero-order valence-electron chi connectivity index (χ0n) is 14.6. The van der Waals surface area contributed by atoms with E-state index >= 15 is 0 Å². The number of amides is 2. The first-order valence-corrected chi connectivity index (χ1v) is 9.48. The van der Waals surface area contributed by atoms with Crippen LogP contribution in [0.4, 0.5) is 0 Å². The van der Waals surface area contributed by atoms with Gasteiger partial charge in [0.05, 0.1) is 5.75 Å². The number of carbonyl (C=O) groups is 2. The number of nitrogens with zero attached hydrogens (tertiary/aromatic N) is 3. The van der Waals surface area contributed by atoms with Crippen molar-refractivity contribution in [2.45, 2.75) is 64.2 Å². The van der Waals surface area contributed by atoms with Crippen molar-refractivity contribution in [2.75, 3.05) is 5.75 Å². The number of hydrogen-bond acceptors (Lipinski definition) is 5. The molecule has 0 aliphatic heterocycles. The largest absolute Gasteiger partial charge is 0.370 e. The molecule has 0 aromatic carbocycles. The Bertz CT molecular complexity index is 583. The van der Waals surface area contributed by atoms with Gasteiger partial charge in [0.2, 0.25) is 11.8 Å². The van der Waals surface area contributed by atoms with Crippen molar-refractivity contribution in [3.63, 3.8) is 0 Å². The number of hydrogen-bond donors (Lipinski definition) is 2. The molecular weight excluding hydrogens is 326 g/mol. The number of aromatic nitrogens is 3. The minimum absolute atomic E-state index is 0.0252. The highest BCUT2D eigenvalue weighted by atomic mass is 32.2. The average Bonchev–Trinajstić information content (AvgIpc) is 3.27. The summed E-state index contributed by atoms with van der Waals surface area (Å²) in [4.78, 5) is 23.1. The maximum atomic E-state index is 12.1. The van der Waals surface area contributed by atoms with Gasteiger partial charge in [-0.2, -0.15) is 0 Å². The molecule has 1 saturated carbocycles. The van der Waals surface area contributed by atoms with Gasteiger partial charge in [-0.05, 0) is 31.6 Å². The summed E-state index contributed by atoms with van der Waals surface area (Å²) in [5, 5.41) is 12.1. The van der Waals surface area contributed by atoms with Gasteiger partial charge in [0, 0.05) is 25.4 Å². The fourth-order valence-corrected chi connectivity index (χ4v) is 3.31. The van der Waals surface area contributed by atoms with E-state index in [0.717, 1.165) is 17.5 Å². The van der Waals surface area contributed by atoms with Gasteiger partial charge >= 0.3 is 0 Å². The van der Waals surface area contributed by atoms with E-state index in [0.29, 0.717) is 24.0 Å². The fourth-order valence-electron chi connectivity index (χ4n) is 2.53. The Morgan fingerprint density at radius 2 is 2.04 bits per heavy atom. The third-order valence-corrected chi connectivity index (χ3v) is 4.95. The number of rotatable bonds is 10. The molecule has 1 aliphatic rings. The fraction of sp³-hybridized carbons (Fsp3) is 0.750. The van der Waals surface area contributed by atoms with Gasteiger partial charge in [0.15, 0.2) is 5.16 Å². The molecule has 2 rings (SSSR count). The minimum Gasteiger partial charge on any atom is -0.370 e. The Kier molecular flexibility index (Phi) is 6.65. The maximum absolute atomic E-state index is 12.1. The number of thioether (sulfide) groups is 1. The molecule has 1 aliphatic carbocycles. The Labute approximate surface area is 147 Å². The van der Waals surface area contributed by atoms with E-state index in [4.69, 9.17) is 5.73 Å².